The Hall–Kier alpha value is -2.52. The van der Waals surface area contributed by atoms with E-state index in [1.165, 1.54) is 46.5 Å². The van der Waals surface area contributed by atoms with Gasteiger partial charge in [-0.25, -0.2) is 0 Å². The number of hydrogen-bond donors (Lipinski definition) is 2. The van der Waals surface area contributed by atoms with Crippen molar-refractivity contribution in [3.8, 4) is 0 Å². The molecule has 0 saturated carbocycles. The highest BCUT2D eigenvalue weighted by Crippen LogP contribution is 2.14. The minimum absolute atomic E-state index is 0.0666. The van der Waals surface area contributed by atoms with Gasteiger partial charge in [0.05, 0.1) is 9.79 Å². The zero-order valence-electron chi connectivity index (χ0n) is 18.2. The van der Waals surface area contributed by atoms with Gasteiger partial charge in [-0.2, -0.15) is 16.8 Å². The molecule has 0 aliphatic heterocycles. The second-order valence-electron chi connectivity index (χ2n) is 7.10. The second-order valence-corrected chi connectivity index (χ2v) is 9.94. The Kier molecular flexibility index (Phi) is 9.58. The van der Waals surface area contributed by atoms with Crippen molar-refractivity contribution < 1.29 is 25.9 Å². The van der Waals surface area contributed by atoms with Gasteiger partial charge in [0, 0.05) is 0 Å². The molecule has 0 saturated heterocycles. The van der Waals surface area contributed by atoms with E-state index >= 15 is 0 Å². The summed E-state index contributed by atoms with van der Waals surface area (Å²) >= 11 is 0. The zero-order valence-corrected chi connectivity index (χ0v) is 19.8. The molecule has 2 N–H and O–H groups in total. The predicted octanol–water partition coefficient (Wildman–Crippen LogP) is 5.10. The van der Waals surface area contributed by atoms with Crippen LogP contribution < -0.4 is 0 Å². The zero-order chi connectivity index (χ0) is 23.8. The molecule has 8 heteroatoms. The fourth-order valence-electron chi connectivity index (χ4n) is 2.55. The summed E-state index contributed by atoms with van der Waals surface area (Å²) < 4.78 is 58.8. The quantitative estimate of drug-likeness (QED) is 0.511. The number of benzene rings is 3. The summed E-state index contributed by atoms with van der Waals surface area (Å²) in [7, 11) is -8.02. The van der Waals surface area contributed by atoms with Crippen molar-refractivity contribution in [3.63, 3.8) is 0 Å². The van der Waals surface area contributed by atoms with Gasteiger partial charge in [0.25, 0.3) is 20.2 Å². The molecule has 3 aromatic rings. The number of rotatable bonds is 2. The summed E-state index contributed by atoms with van der Waals surface area (Å²) in [6.45, 7) is 10.5. The first-order valence-corrected chi connectivity index (χ1v) is 12.2. The van der Waals surface area contributed by atoms with Crippen LogP contribution in [0.1, 0.15) is 27.8 Å². The van der Waals surface area contributed by atoms with E-state index in [-0.39, 0.29) is 9.79 Å². The maximum Gasteiger partial charge on any atom is 0.294 e. The van der Waals surface area contributed by atoms with Gasteiger partial charge in [-0.05, 0) is 75.6 Å². The van der Waals surface area contributed by atoms with Crippen LogP contribution in [0.25, 0.3) is 0 Å². The Morgan fingerprint density at radius 3 is 1.29 bits per heavy atom. The normalized spacial score (nSPS) is 10.9. The molecule has 0 aliphatic carbocycles. The van der Waals surface area contributed by atoms with Crippen LogP contribution in [0.15, 0.2) is 76.5 Å². The molecule has 0 heterocycles. The lowest BCUT2D eigenvalue weighted by Crippen LogP contribution is -1.96. The maximum atomic E-state index is 10.5. The van der Waals surface area contributed by atoms with Gasteiger partial charge in [-0.3, -0.25) is 9.11 Å². The summed E-state index contributed by atoms with van der Waals surface area (Å²) in [6, 6.07) is 17.9. The largest absolute Gasteiger partial charge is 0.294 e. The molecule has 3 rings (SSSR count). The molecule has 0 bridgehead atoms. The minimum Gasteiger partial charge on any atom is -0.282 e. The predicted molar refractivity (Wildman–Crippen MR) is 123 cm³/mol. The van der Waals surface area contributed by atoms with Crippen molar-refractivity contribution in [3.05, 3.63) is 94.5 Å². The number of hydrogen-bond acceptors (Lipinski definition) is 4. The summed E-state index contributed by atoms with van der Waals surface area (Å²) in [5, 5.41) is 0. The third-order valence-corrected chi connectivity index (χ3v) is 6.17. The van der Waals surface area contributed by atoms with E-state index < -0.39 is 20.2 Å². The summed E-state index contributed by atoms with van der Waals surface area (Å²) in [6.07, 6.45) is 0. The molecule has 31 heavy (non-hydrogen) atoms. The van der Waals surface area contributed by atoms with E-state index in [1.54, 1.807) is 30.3 Å². The highest BCUT2D eigenvalue weighted by molar-refractivity contribution is 7.86. The third kappa shape index (κ3) is 9.44. The monoisotopic (exact) mass is 464 g/mol. The molecule has 0 aromatic heterocycles. The van der Waals surface area contributed by atoms with Gasteiger partial charge < -0.3 is 0 Å². The van der Waals surface area contributed by atoms with Crippen LogP contribution in [-0.4, -0.2) is 25.9 Å². The highest BCUT2D eigenvalue weighted by atomic mass is 32.2. The Morgan fingerprint density at radius 1 is 0.548 bits per heavy atom. The molecule has 0 atom stereocenters. The van der Waals surface area contributed by atoms with Crippen LogP contribution in [0.2, 0.25) is 0 Å². The van der Waals surface area contributed by atoms with Crippen molar-refractivity contribution >= 4 is 20.2 Å². The van der Waals surface area contributed by atoms with Gasteiger partial charge >= 0.3 is 0 Å². The lowest BCUT2D eigenvalue weighted by molar-refractivity contribution is 0.481. The van der Waals surface area contributed by atoms with Crippen molar-refractivity contribution in [2.45, 2.75) is 44.4 Å². The van der Waals surface area contributed by atoms with Gasteiger partial charge in [0.15, 0.2) is 0 Å². The van der Waals surface area contributed by atoms with Crippen LogP contribution >= 0.6 is 0 Å². The lowest BCUT2D eigenvalue weighted by atomic mass is 10.0. The number of aryl methyl sites for hydroxylation is 4. The van der Waals surface area contributed by atoms with Crippen LogP contribution in [0.5, 0.6) is 0 Å². The molecular weight excluding hydrogens is 436 g/mol. The molecule has 168 valence electrons. The smallest absolute Gasteiger partial charge is 0.282 e. The van der Waals surface area contributed by atoms with Crippen LogP contribution in [0.3, 0.4) is 0 Å². The molecule has 0 spiro atoms. The van der Waals surface area contributed by atoms with E-state index in [2.05, 4.69) is 39.8 Å². The molecule has 0 unspecified atom stereocenters. The average molecular weight is 465 g/mol. The van der Waals surface area contributed by atoms with Gasteiger partial charge in [-0.1, -0.05) is 53.6 Å². The Bertz CT molecular complexity index is 1180. The van der Waals surface area contributed by atoms with E-state index in [0.717, 1.165) is 5.56 Å². The van der Waals surface area contributed by atoms with Crippen LogP contribution in [0.4, 0.5) is 0 Å². The van der Waals surface area contributed by atoms with Gasteiger partial charge in [-0.15, -0.1) is 0 Å². The molecule has 6 nitrogen and oxygen atoms in total. The Morgan fingerprint density at radius 2 is 0.935 bits per heavy atom. The summed E-state index contributed by atoms with van der Waals surface area (Å²) in [5.74, 6) is 0. The van der Waals surface area contributed by atoms with E-state index in [9.17, 15) is 16.8 Å². The molecule has 0 radical (unpaired) electrons. The van der Waals surface area contributed by atoms with E-state index in [0.29, 0.717) is 0 Å². The topological polar surface area (TPSA) is 109 Å². The molecular formula is C23H28O6S2. The second kappa shape index (κ2) is 11.2. The van der Waals surface area contributed by atoms with Crippen molar-refractivity contribution in [1.29, 1.82) is 0 Å². The van der Waals surface area contributed by atoms with Crippen molar-refractivity contribution in [1.82, 2.24) is 0 Å². The van der Waals surface area contributed by atoms with Gasteiger partial charge in [0.1, 0.15) is 0 Å². The van der Waals surface area contributed by atoms with Crippen molar-refractivity contribution in [2.24, 2.45) is 0 Å². The SMILES string of the molecule is Cc1cc(C)c(C)c(C)c1.Cc1ccc(S(=O)(=O)O)cc1.O=S(=O)(O)c1ccccc1. The summed E-state index contributed by atoms with van der Waals surface area (Å²) in [5.41, 5.74) is 6.54. The fourth-order valence-corrected chi connectivity index (χ4v) is 3.54. The first kappa shape index (κ1) is 26.5. The molecule has 3 aromatic carbocycles. The first-order valence-electron chi connectivity index (χ1n) is 9.33. The summed E-state index contributed by atoms with van der Waals surface area (Å²) in [4.78, 5) is -0.141. The molecule has 0 fully saturated rings. The minimum atomic E-state index is -4.02. The lowest BCUT2D eigenvalue weighted by Gasteiger charge is -2.04. The van der Waals surface area contributed by atoms with Crippen molar-refractivity contribution in [2.75, 3.05) is 0 Å². The Labute approximate surface area is 185 Å². The van der Waals surface area contributed by atoms with E-state index in [1.807, 2.05) is 6.92 Å². The maximum absolute atomic E-state index is 10.5. The standard InChI is InChI=1S/C10H14.C7H8O3S.C6H6O3S/c1-7-5-8(2)10(4)9(3)6-7;1-6-2-4-7(5-3-6)11(8,9)10;7-10(8,9)6-4-2-1-3-5-6/h5-6H,1-4H3;2-5H,1H3,(H,8,9,10);1-5H,(H,7,8,9). The fraction of sp³-hybridized carbons (Fsp3) is 0.217. The first-order chi connectivity index (χ1) is 14.2. The van der Waals surface area contributed by atoms with Gasteiger partial charge in [0.2, 0.25) is 0 Å². The van der Waals surface area contributed by atoms with Crippen LogP contribution in [0, 0.1) is 34.6 Å². The molecule has 0 amide bonds. The van der Waals surface area contributed by atoms with Crippen LogP contribution in [-0.2, 0) is 20.2 Å². The highest BCUT2D eigenvalue weighted by Gasteiger charge is 2.07. The third-order valence-electron chi connectivity index (χ3n) is 4.43. The average Bonchev–Trinajstić information content (AvgIpc) is 2.67. The van der Waals surface area contributed by atoms with E-state index in [4.69, 9.17) is 9.11 Å². The molecule has 0 aliphatic rings. The Balaban J connectivity index is 0.000000233.